The maximum absolute atomic E-state index is 12.0. The molecule has 0 atom stereocenters. The normalized spacial score (nSPS) is 10.2. The number of esters is 1. The fraction of sp³-hybridized carbons (Fsp3) is 0.800. The highest BCUT2D eigenvalue weighted by atomic mass is 16.5. The van der Waals surface area contributed by atoms with E-state index in [2.05, 4.69) is 13.8 Å². The molecular formula is C15H28O3. The van der Waals surface area contributed by atoms with E-state index in [1.807, 2.05) is 13.8 Å². The zero-order chi connectivity index (χ0) is 13.8. The van der Waals surface area contributed by atoms with Gasteiger partial charge >= 0.3 is 5.97 Å². The van der Waals surface area contributed by atoms with Crippen LogP contribution in [0.3, 0.4) is 0 Å². The first-order valence-corrected chi connectivity index (χ1v) is 7.16. The Morgan fingerprint density at radius 2 is 1.56 bits per heavy atom. The molecular weight excluding hydrogens is 228 g/mol. The van der Waals surface area contributed by atoms with Crippen LogP contribution in [0.25, 0.3) is 0 Å². The van der Waals surface area contributed by atoms with Crippen LogP contribution in [0.1, 0.15) is 59.8 Å². The van der Waals surface area contributed by atoms with Crippen LogP contribution < -0.4 is 0 Å². The van der Waals surface area contributed by atoms with E-state index in [-0.39, 0.29) is 5.97 Å². The summed E-state index contributed by atoms with van der Waals surface area (Å²) in [7, 11) is 0. The predicted octanol–water partition coefficient (Wildman–Crippen LogP) is 3.87. The molecule has 0 unspecified atom stereocenters. The summed E-state index contributed by atoms with van der Waals surface area (Å²) in [6.07, 6.45) is 4.86. The molecule has 3 heteroatoms. The van der Waals surface area contributed by atoms with Crippen molar-refractivity contribution in [3.63, 3.8) is 0 Å². The molecule has 0 heterocycles. The SMILES string of the molecule is CCCOC(=O)C(COCC)=C(CCC)CCC. The first-order chi connectivity index (χ1) is 8.71. The number of carbonyl (C=O) groups excluding carboxylic acids is 1. The van der Waals surface area contributed by atoms with Gasteiger partial charge in [-0.15, -0.1) is 0 Å². The molecule has 106 valence electrons. The van der Waals surface area contributed by atoms with Gasteiger partial charge in [-0.05, 0) is 26.2 Å². The first-order valence-electron chi connectivity index (χ1n) is 7.16. The summed E-state index contributed by atoms with van der Waals surface area (Å²) in [4.78, 5) is 12.0. The predicted molar refractivity (Wildman–Crippen MR) is 74.6 cm³/mol. The Morgan fingerprint density at radius 1 is 0.944 bits per heavy atom. The van der Waals surface area contributed by atoms with Gasteiger partial charge in [0, 0.05) is 6.61 Å². The van der Waals surface area contributed by atoms with Gasteiger partial charge in [0.15, 0.2) is 0 Å². The van der Waals surface area contributed by atoms with Crippen LogP contribution in [-0.2, 0) is 14.3 Å². The Balaban J connectivity index is 4.86. The van der Waals surface area contributed by atoms with E-state index in [1.165, 1.54) is 5.57 Å². The Labute approximate surface area is 112 Å². The minimum absolute atomic E-state index is 0.192. The number of ether oxygens (including phenoxy) is 2. The Hall–Kier alpha value is -0.830. The first kappa shape index (κ1) is 17.2. The second-order valence-corrected chi connectivity index (χ2v) is 4.36. The summed E-state index contributed by atoms with van der Waals surface area (Å²) in [5.41, 5.74) is 1.95. The monoisotopic (exact) mass is 256 g/mol. The molecule has 0 aliphatic heterocycles. The van der Waals surface area contributed by atoms with Gasteiger partial charge in [-0.3, -0.25) is 0 Å². The third-order valence-electron chi connectivity index (χ3n) is 2.66. The van der Waals surface area contributed by atoms with Crippen LogP contribution in [0.4, 0.5) is 0 Å². The molecule has 3 nitrogen and oxygen atoms in total. The quantitative estimate of drug-likeness (QED) is 0.439. The Kier molecular flexibility index (Phi) is 10.8. The van der Waals surface area contributed by atoms with E-state index in [0.717, 1.165) is 37.7 Å². The van der Waals surface area contributed by atoms with Crippen LogP contribution in [0.2, 0.25) is 0 Å². The number of hydrogen-bond acceptors (Lipinski definition) is 3. The van der Waals surface area contributed by atoms with E-state index in [0.29, 0.717) is 19.8 Å². The summed E-state index contributed by atoms with van der Waals surface area (Å²) in [6, 6.07) is 0. The second kappa shape index (κ2) is 11.3. The second-order valence-electron chi connectivity index (χ2n) is 4.36. The van der Waals surface area contributed by atoms with Crippen molar-refractivity contribution >= 4 is 5.97 Å². The Morgan fingerprint density at radius 3 is 2.00 bits per heavy atom. The molecule has 0 saturated carbocycles. The summed E-state index contributed by atoms with van der Waals surface area (Å²) in [5, 5.41) is 0. The van der Waals surface area contributed by atoms with Crippen molar-refractivity contribution in [3.8, 4) is 0 Å². The van der Waals surface area contributed by atoms with Gasteiger partial charge in [0.25, 0.3) is 0 Å². The largest absolute Gasteiger partial charge is 0.462 e. The summed E-state index contributed by atoms with van der Waals surface area (Å²) in [6.45, 7) is 9.69. The van der Waals surface area contributed by atoms with Gasteiger partial charge in [0.05, 0.1) is 18.8 Å². The molecule has 0 saturated heterocycles. The third-order valence-corrected chi connectivity index (χ3v) is 2.66. The lowest BCUT2D eigenvalue weighted by molar-refractivity contribution is -0.139. The van der Waals surface area contributed by atoms with Gasteiger partial charge in [0.2, 0.25) is 0 Å². The van der Waals surface area contributed by atoms with Gasteiger partial charge in [-0.1, -0.05) is 39.2 Å². The molecule has 0 aliphatic carbocycles. The number of allylic oxidation sites excluding steroid dienone is 1. The molecule has 0 rings (SSSR count). The summed E-state index contributed by atoms with van der Waals surface area (Å²) >= 11 is 0. The van der Waals surface area contributed by atoms with Crippen LogP contribution in [0.15, 0.2) is 11.1 Å². The average Bonchev–Trinajstić information content (AvgIpc) is 2.37. The van der Waals surface area contributed by atoms with Crippen molar-refractivity contribution in [3.05, 3.63) is 11.1 Å². The molecule has 0 spiro atoms. The molecule has 0 bridgehead atoms. The van der Waals surface area contributed by atoms with Crippen molar-refractivity contribution in [2.24, 2.45) is 0 Å². The maximum Gasteiger partial charge on any atom is 0.336 e. The molecule has 0 aromatic rings. The zero-order valence-corrected chi connectivity index (χ0v) is 12.4. The lowest BCUT2D eigenvalue weighted by atomic mass is 9.99. The van der Waals surface area contributed by atoms with Gasteiger partial charge in [-0.2, -0.15) is 0 Å². The molecule has 0 aromatic heterocycles. The van der Waals surface area contributed by atoms with Gasteiger partial charge < -0.3 is 9.47 Å². The van der Waals surface area contributed by atoms with Gasteiger partial charge in [0.1, 0.15) is 0 Å². The van der Waals surface area contributed by atoms with Crippen molar-refractivity contribution in [2.45, 2.75) is 59.8 Å². The lowest BCUT2D eigenvalue weighted by Gasteiger charge is -2.14. The molecule has 0 radical (unpaired) electrons. The topological polar surface area (TPSA) is 35.5 Å². The molecule has 0 amide bonds. The minimum atomic E-state index is -0.192. The van der Waals surface area contributed by atoms with E-state index < -0.39 is 0 Å². The van der Waals surface area contributed by atoms with E-state index in [4.69, 9.17) is 9.47 Å². The van der Waals surface area contributed by atoms with E-state index >= 15 is 0 Å². The Bertz CT molecular complexity index is 248. The molecule has 0 N–H and O–H groups in total. The highest BCUT2D eigenvalue weighted by Gasteiger charge is 2.16. The van der Waals surface area contributed by atoms with Crippen molar-refractivity contribution in [1.29, 1.82) is 0 Å². The number of rotatable bonds is 10. The molecule has 0 fully saturated rings. The molecule has 0 aliphatic rings. The smallest absolute Gasteiger partial charge is 0.336 e. The lowest BCUT2D eigenvalue weighted by Crippen LogP contribution is -2.16. The molecule has 18 heavy (non-hydrogen) atoms. The minimum Gasteiger partial charge on any atom is -0.462 e. The fourth-order valence-electron chi connectivity index (χ4n) is 1.82. The van der Waals surface area contributed by atoms with Crippen LogP contribution in [0.5, 0.6) is 0 Å². The molecule has 0 aromatic carbocycles. The number of carbonyl (C=O) groups is 1. The van der Waals surface area contributed by atoms with Crippen molar-refractivity contribution in [2.75, 3.05) is 19.8 Å². The highest BCUT2D eigenvalue weighted by molar-refractivity contribution is 5.89. The standard InChI is InChI=1S/C15H28O3/c1-5-9-13(10-6-2)14(12-17-8-4)15(16)18-11-7-3/h5-12H2,1-4H3. The summed E-state index contributed by atoms with van der Waals surface area (Å²) < 4.78 is 10.7. The third kappa shape index (κ3) is 6.80. The van der Waals surface area contributed by atoms with Crippen molar-refractivity contribution < 1.29 is 14.3 Å². The van der Waals surface area contributed by atoms with E-state index in [1.54, 1.807) is 0 Å². The van der Waals surface area contributed by atoms with Crippen LogP contribution in [-0.4, -0.2) is 25.8 Å². The summed E-state index contributed by atoms with van der Waals surface area (Å²) in [5.74, 6) is -0.192. The number of hydrogen-bond donors (Lipinski definition) is 0. The van der Waals surface area contributed by atoms with Crippen LogP contribution >= 0.6 is 0 Å². The fourth-order valence-corrected chi connectivity index (χ4v) is 1.82. The van der Waals surface area contributed by atoms with Gasteiger partial charge in [-0.25, -0.2) is 4.79 Å². The maximum atomic E-state index is 12.0. The average molecular weight is 256 g/mol. The van der Waals surface area contributed by atoms with E-state index in [9.17, 15) is 4.79 Å². The zero-order valence-electron chi connectivity index (χ0n) is 12.4. The van der Waals surface area contributed by atoms with Crippen LogP contribution in [0, 0.1) is 0 Å². The highest BCUT2D eigenvalue weighted by Crippen LogP contribution is 2.19. The van der Waals surface area contributed by atoms with Crippen molar-refractivity contribution in [1.82, 2.24) is 0 Å².